The molecule has 0 aromatic heterocycles. The monoisotopic (exact) mass is 373 g/mol. The zero-order valence-electron chi connectivity index (χ0n) is 13.5. The summed E-state index contributed by atoms with van der Waals surface area (Å²) in [6, 6.07) is 5.04. The summed E-state index contributed by atoms with van der Waals surface area (Å²) in [6.45, 7) is 1.21. The number of nitrogens with zero attached hydrogens (tertiary/aromatic N) is 1. The molecule has 9 nitrogen and oxygen atoms in total. The summed E-state index contributed by atoms with van der Waals surface area (Å²) in [5.41, 5.74) is 0.544. The molecule has 10 heteroatoms. The van der Waals surface area contributed by atoms with Crippen molar-refractivity contribution in [3.63, 3.8) is 0 Å². The fraction of sp³-hybridized carbons (Fsp3) is 0.467. The number of carboxylic acids is 1. The van der Waals surface area contributed by atoms with Gasteiger partial charge in [-0.25, -0.2) is 9.59 Å². The number of carbonyl (C=O) groups is 2. The highest BCUT2D eigenvalue weighted by Crippen LogP contribution is 2.22. The van der Waals surface area contributed by atoms with Crippen LogP contribution in [0.2, 0.25) is 0 Å². The van der Waals surface area contributed by atoms with E-state index < -0.39 is 34.3 Å². The van der Waals surface area contributed by atoms with E-state index in [9.17, 15) is 18.0 Å². The number of likely N-dealkylation sites (tertiary alicyclic amines) is 1. The lowest BCUT2D eigenvalue weighted by atomic mass is 10.2. The van der Waals surface area contributed by atoms with Crippen LogP contribution in [0.15, 0.2) is 29.2 Å². The predicted molar refractivity (Wildman–Crippen MR) is 84.8 cm³/mol. The molecule has 0 aliphatic carbocycles. The Balaban J connectivity index is 1.90. The van der Waals surface area contributed by atoms with Gasteiger partial charge in [0, 0.05) is 6.54 Å². The quantitative estimate of drug-likeness (QED) is 0.533. The van der Waals surface area contributed by atoms with Crippen LogP contribution in [-0.2, 0) is 23.8 Å². The Labute approximate surface area is 144 Å². The second-order valence-electron chi connectivity index (χ2n) is 5.50. The molecule has 1 aromatic carbocycles. The van der Waals surface area contributed by atoms with E-state index in [0.29, 0.717) is 5.56 Å². The standard InChI is InChI=1S/C15H19NO8S/c1-10-4-2-3-5-12(10)25(21,22)24-9-8-23-11-6-7-16(15(19)20)13(11)14(17)18/h2-5,11,13H,6-9H2,1H3,(H,17,18)(H,19,20)/t11-,13-/m0/s1. The van der Waals surface area contributed by atoms with E-state index in [4.69, 9.17) is 19.1 Å². The van der Waals surface area contributed by atoms with Crippen molar-refractivity contribution >= 4 is 22.2 Å². The molecule has 2 N–H and O–H groups in total. The maximum Gasteiger partial charge on any atom is 0.408 e. The summed E-state index contributed by atoms with van der Waals surface area (Å²) in [7, 11) is -3.94. The van der Waals surface area contributed by atoms with Gasteiger partial charge in [0.25, 0.3) is 10.1 Å². The SMILES string of the molecule is Cc1ccccc1S(=O)(=O)OCCO[C@H]1CCN(C(=O)O)[C@@H]1C(=O)O. The number of carboxylic acid groups (broad SMARTS) is 2. The molecular weight excluding hydrogens is 354 g/mol. The van der Waals surface area contributed by atoms with Crippen molar-refractivity contribution in [3.8, 4) is 0 Å². The first kappa shape index (κ1) is 19.2. The molecule has 1 heterocycles. The van der Waals surface area contributed by atoms with E-state index in [-0.39, 0.29) is 31.1 Å². The molecule has 0 spiro atoms. The van der Waals surface area contributed by atoms with Gasteiger partial charge in [-0.3, -0.25) is 9.08 Å². The van der Waals surface area contributed by atoms with Crippen LogP contribution in [0.4, 0.5) is 4.79 Å². The zero-order valence-corrected chi connectivity index (χ0v) is 14.3. The van der Waals surface area contributed by atoms with E-state index >= 15 is 0 Å². The molecular formula is C15H19NO8S. The second kappa shape index (κ2) is 7.81. The Bertz CT molecular complexity index is 748. The summed E-state index contributed by atoms with van der Waals surface area (Å²) in [4.78, 5) is 23.1. The lowest BCUT2D eigenvalue weighted by Gasteiger charge is -2.22. The van der Waals surface area contributed by atoms with E-state index in [2.05, 4.69) is 0 Å². The van der Waals surface area contributed by atoms with Gasteiger partial charge in [-0.1, -0.05) is 18.2 Å². The summed E-state index contributed by atoms with van der Waals surface area (Å²) in [5.74, 6) is -1.31. The van der Waals surface area contributed by atoms with Gasteiger partial charge in [-0.15, -0.1) is 0 Å². The lowest BCUT2D eigenvalue weighted by molar-refractivity contribution is -0.145. The van der Waals surface area contributed by atoms with Gasteiger partial charge >= 0.3 is 12.1 Å². The highest BCUT2D eigenvalue weighted by molar-refractivity contribution is 7.86. The highest BCUT2D eigenvalue weighted by Gasteiger charge is 2.42. The summed E-state index contributed by atoms with van der Waals surface area (Å²) >= 11 is 0. The van der Waals surface area contributed by atoms with Crippen LogP contribution in [0.1, 0.15) is 12.0 Å². The molecule has 138 valence electrons. The molecule has 2 atom stereocenters. The Morgan fingerprint density at radius 3 is 2.52 bits per heavy atom. The number of benzene rings is 1. The molecule has 1 amide bonds. The number of aliphatic carboxylic acids is 1. The molecule has 1 aliphatic heterocycles. The molecule has 25 heavy (non-hydrogen) atoms. The Kier molecular flexibility index (Phi) is 5.98. The molecule has 2 rings (SSSR count). The van der Waals surface area contributed by atoms with Crippen molar-refractivity contribution in [2.45, 2.75) is 30.4 Å². The van der Waals surface area contributed by atoms with E-state index in [1.807, 2.05) is 0 Å². The third kappa shape index (κ3) is 4.47. The van der Waals surface area contributed by atoms with Crippen LogP contribution in [0.3, 0.4) is 0 Å². The summed E-state index contributed by atoms with van der Waals surface area (Å²) in [5, 5.41) is 18.1. The molecule has 1 aliphatic rings. The van der Waals surface area contributed by atoms with Gasteiger partial charge < -0.3 is 14.9 Å². The van der Waals surface area contributed by atoms with E-state index in [1.54, 1.807) is 25.1 Å². The Morgan fingerprint density at radius 2 is 1.92 bits per heavy atom. The smallest absolute Gasteiger partial charge is 0.408 e. The normalized spacial score (nSPS) is 20.6. The molecule has 1 saturated heterocycles. The second-order valence-corrected chi connectivity index (χ2v) is 7.08. The lowest BCUT2D eigenvalue weighted by Crippen LogP contribution is -2.45. The van der Waals surface area contributed by atoms with Gasteiger partial charge in [0.1, 0.15) is 0 Å². The number of rotatable bonds is 7. The van der Waals surface area contributed by atoms with Crippen LogP contribution >= 0.6 is 0 Å². The third-order valence-electron chi connectivity index (χ3n) is 3.86. The van der Waals surface area contributed by atoms with Gasteiger partial charge in [0.2, 0.25) is 0 Å². The Hall–Kier alpha value is -2.17. The highest BCUT2D eigenvalue weighted by atomic mass is 32.2. The van der Waals surface area contributed by atoms with Crippen molar-refractivity contribution in [2.24, 2.45) is 0 Å². The fourth-order valence-corrected chi connectivity index (χ4v) is 3.81. The van der Waals surface area contributed by atoms with Crippen LogP contribution in [-0.4, -0.2) is 67.5 Å². The minimum absolute atomic E-state index is 0.0410. The third-order valence-corrected chi connectivity index (χ3v) is 5.33. The number of hydrogen-bond donors (Lipinski definition) is 2. The molecule has 0 bridgehead atoms. The maximum absolute atomic E-state index is 12.1. The van der Waals surface area contributed by atoms with Crippen molar-refractivity contribution in [1.29, 1.82) is 0 Å². The van der Waals surface area contributed by atoms with Gasteiger partial charge in [-0.2, -0.15) is 8.42 Å². The first-order valence-electron chi connectivity index (χ1n) is 7.53. The summed E-state index contributed by atoms with van der Waals surface area (Å²) < 4.78 is 34.4. The topological polar surface area (TPSA) is 130 Å². The van der Waals surface area contributed by atoms with E-state index in [0.717, 1.165) is 4.90 Å². The molecule has 1 fully saturated rings. The number of aryl methyl sites for hydroxylation is 1. The predicted octanol–water partition coefficient (Wildman–Crippen LogP) is 0.922. The summed E-state index contributed by atoms with van der Waals surface area (Å²) in [6.07, 6.45) is -1.97. The average molecular weight is 373 g/mol. The van der Waals surface area contributed by atoms with Crippen LogP contribution < -0.4 is 0 Å². The minimum atomic E-state index is -3.94. The maximum atomic E-state index is 12.1. The van der Waals surface area contributed by atoms with Gasteiger partial charge in [0.15, 0.2) is 6.04 Å². The first-order valence-corrected chi connectivity index (χ1v) is 8.94. The van der Waals surface area contributed by atoms with Crippen LogP contribution in [0.25, 0.3) is 0 Å². The first-order chi connectivity index (χ1) is 11.7. The van der Waals surface area contributed by atoms with Gasteiger partial charge in [0.05, 0.1) is 24.2 Å². The van der Waals surface area contributed by atoms with Crippen molar-refractivity contribution in [1.82, 2.24) is 4.90 Å². The zero-order chi connectivity index (χ0) is 18.6. The van der Waals surface area contributed by atoms with Gasteiger partial charge in [-0.05, 0) is 25.0 Å². The number of hydrogen-bond acceptors (Lipinski definition) is 6. The van der Waals surface area contributed by atoms with Crippen molar-refractivity contribution in [3.05, 3.63) is 29.8 Å². The number of amides is 1. The largest absolute Gasteiger partial charge is 0.480 e. The minimum Gasteiger partial charge on any atom is -0.480 e. The molecule has 0 unspecified atom stereocenters. The van der Waals surface area contributed by atoms with Crippen LogP contribution in [0, 0.1) is 6.92 Å². The fourth-order valence-electron chi connectivity index (χ4n) is 2.69. The van der Waals surface area contributed by atoms with E-state index in [1.165, 1.54) is 6.07 Å². The van der Waals surface area contributed by atoms with Crippen molar-refractivity contribution < 1.29 is 37.1 Å². The number of ether oxygens (including phenoxy) is 1. The van der Waals surface area contributed by atoms with Crippen molar-refractivity contribution in [2.75, 3.05) is 19.8 Å². The molecule has 0 saturated carbocycles. The molecule has 0 radical (unpaired) electrons. The average Bonchev–Trinajstić information content (AvgIpc) is 2.96. The van der Waals surface area contributed by atoms with Crippen LogP contribution in [0.5, 0.6) is 0 Å². The Morgan fingerprint density at radius 1 is 1.24 bits per heavy atom. The molecule has 1 aromatic rings.